The topological polar surface area (TPSA) is 64.1 Å². The predicted octanol–water partition coefficient (Wildman–Crippen LogP) is 4.53. The van der Waals surface area contributed by atoms with Gasteiger partial charge in [-0.25, -0.2) is 0 Å². The van der Waals surface area contributed by atoms with Gasteiger partial charge in [-0.15, -0.1) is 10.2 Å². The van der Waals surface area contributed by atoms with E-state index in [2.05, 4.69) is 31.4 Å². The Labute approximate surface area is 148 Å². The first-order valence-corrected chi connectivity index (χ1v) is 9.09. The number of carbonyl (C=O) groups excluding carboxylic acids is 1. The van der Waals surface area contributed by atoms with E-state index in [0.717, 1.165) is 15.2 Å². The third kappa shape index (κ3) is 5.58. The Morgan fingerprint density at radius 2 is 2.17 bits per heavy atom. The number of aryl methyl sites for hydroxylation is 1. The summed E-state index contributed by atoms with van der Waals surface area (Å²) < 4.78 is 6.60. The molecule has 0 unspecified atom stereocenters. The van der Waals surface area contributed by atoms with Crippen LogP contribution in [0.5, 0.6) is 5.75 Å². The summed E-state index contributed by atoms with van der Waals surface area (Å²) in [5.74, 6) is 1.05. The van der Waals surface area contributed by atoms with Crippen molar-refractivity contribution in [1.82, 2.24) is 10.2 Å². The molecule has 0 fully saturated rings. The van der Waals surface area contributed by atoms with Gasteiger partial charge in [0.1, 0.15) is 10.8 Å². The summed E-state index contributed by atoms with van der Waals surface area (Å²) in [5.41, 5.74) is 1.17. The van der Waals surface area contributed by atoms with Crippen LogP contribution in [0, 0.1) is 6.92 Å². The molecule has 0 aliphatic rings. The molecule has 0 spiro atoms. The lowest BCUT2D eigenvalue weighted by Crippen LogP contribution is -2.12. The van der Waals surface area contributed by atoms with Crippen molar-refractivity contribution in [3.05, 3.63) is 33.2 Å². The minimum absolute atomic E-state index is 0.0666. The Balaban J connectivity index is 1.72. The maximum atomic E-state index is 11.9. The van der Waals surface area contributed by atoms with Gasteiger partial charge in [-0.3, -0.25) is 4.79 Å². The molecule has 1 N–H and O–H groups in total. The van der Waals surface area contributed by atoms with Crippen LogP contribution in [0.2, 0.25) is 0 Å². The Kier molecular flexibility index (Phi) is 6.53. The van der Waals surface area contributed by atoms with E-state index in [1.54, 1.807) is 0 Å². The van der Waals surface area contributed by atoms with E-state index in [4.69, 9.17) is 4.74 Å². The van der Waals surface area contributed by atoms with E-state index in [-0.39, 0.29) is 5.91 Å². The molecule has 7 heteroatoms. The van der Waals surface area contributed by atoms with Crippen LogP contribution in [-0.4, -0.2) is 22.7 Å². The molecule has 0 aliphatic carbocycles. The summed E-state index contributed by atoms with van der Waals surface area (Å²) in [6, 6.07) is 5.92. The van der Waals surface area contributed by atoms with E-state index < -0.39 is 0 Å². The predicted molar refractivity (Wildman–Crippen MR) is 96.2 cm³/mol. The molecule has 0 aliphatic heterocycles. The minimum Gasteiger partial charge on any atom is -0.492 e. The lowest BCUT2D eigenvalue weighted by atomic mass is 10.2. The monoisotopic (exact) mass is 397 g/mol. The van der Waals surface area contributed by atoms with Gasteiger partial charge in [-0.2, -0.15) is 0 Å². The molecule has 0 saturated carbocycles. The van der Waals surface area contributed by atoms with Crippen molar-refractivity contribution in [3.8, 4) is 5.75 Å². The van der Waals surface area contributed by atoms with Crippen molar-refractivity contribution >= 4 is 38.3 Å². The molecule has 0 bridgehead atoms. The van der Waals surface area contributed by atoms with E-state index in [1.807, 2.05) is 39.0 Å². The Morgan fingerprint density at radius 1 is 1.39 bits per heavy atom. The van der Waals surface area contributed by atoms with Crippen LogP contribution in [0.3, 0.4) is 0 Å². The SMILES string of the molecule is Cc1ccc(OCCCC(=O)Nc2nnc(C(C)C)s2)c(Br)c1. The van der Waals surface area contributed by atoms with Crippen LogP contribution in [0.1, 0.15) is 43.2 Å². The van der Waals surface area contributed by atoms with Gasteiger partial charge in [-0.05, 0) is 47.0 Å². The van der Waals surface area contributed by atoms with Crippen molar-refractivity contribution in [3.63, 3.8) is 0 Å². The van der Waals surface area contributed by atoms with Crippen molar-refractivity contribution in [1.29, 1.82) is 0 Å². The summed E-state index contributed by atoms with van der Waals surface area (Å²) in [7, 11) is 0. The highest BCUT2D eigenvalue weighted by Crippen LogP contribution is 2.26. The van der Waals surface area contributed by atoms with Gasteiger partial charge in [0.25, 0.3) is 0 Å². The number of amides is 1. The standard InChI is InChI=1S/C16H20BrN3O2S/c1-10(2)15-19-20-16(23-15)18-14(21)5-4-8-22-13-7-6-11(3)9-12(13)17/h6-7,9-10H,4-5,8H2,1-3H3,(H,18,20,21). The van der Waals surface area contributed by atoms with Crippen molar-refractivity contribution < 1.29 is 9.53 Å². The Morgan fingerprint density at radius 3 is 2.83 bits per heavy atom. The number of rotatable bonds is 7. The lowest BCUT2D eigenvalue weighted by Gasteiger charge is -2.08. The average Bonchev–Trinajstić information content (AvgIpc) is 2.94. The van der Waals surface area contributed by atoms with E-state index >= 15 is 0 Å². The first-order valence-electron chi connectivity index (χ1n) is 7.48. The van der Waals surface area contributed by atoms with Gasteiger partial charge in [0.05, 0.1) is 11.1 Å². The third-order valence-electron chi connectivity index (χ3n) is 3.07. The molecule has 5 nitrogen and oxygen atoms in total. The molecular formula is C16H20BrN3O2S. The highest BCUT2D eigenvalue weighted by Gasteiger charge is 2.10. The van der Waals surface area contributed by atoms with Crippen LogP contribution >= 0.6 is 27.3 Å². The van der Waals surface area contributed by atoms with Gasteiger partial charge < -0.3 is 10.1 Å². The number of hydrogen-bond acceptors (Lipinski definition) is 5. The van der Waals surface area contributed by atoms with E-state index in [9.17, 15) is 4.79 Å². The summed E-state index contributed by atoms with van der Waals surface area (Å²) in [6.07, 6.45) is 1.03. The van der Waals surface area contributed by atoms with E-state index in [1.165, 1.54) is 16.9 Å². The fourth-order valence-electron chi connectivity index (χ4n) is 1.84. The zero-order valence-corrected chi connectivity index (χ0v) is 15.8. The second-order valence-electron chi connectivity index (χ2n) is 5.53. The number of carbonyl (C=O) groups is 1. The number of aromatic nitrogens is 2. The summed E-state index contributed by atoms with van der Waals surface area (Å²) >= 11 is 4.89. The Hall–Kier alpha value is -1.47. The first-order chi connectivity index (χ1) is 11.0. The number of hydrogen-bond donors (Lipinski definition) is 1. The molecule has 0 saturated heterocycles. The summed E-state index contributed by atoms with van der Waals surface area (Å²) in [6.45, 7) is 6.61. The van der Waals surface area contributed by atoms with Crippen LogP contribution < -0.4 is 10.1 Å². The highest BCUT2D eigenvalue weighted by atomic mass is 79.9. The van der Waals surface area contributed by atoms with Gasteiger partial charge in [0, 0.05) is 12.3 Å². The van der Waals surface area contributed by atoms with Crippen LogP contribution in [-0.2, 0) is 4.79 Å². The van der Waals surface area contributed by atoms with Crippen LogP contribution in [0.25, 0.3) is 0 Å². The van der Waals surface area contributed by atoms with Gasteiger partial charge in [0.2, 0.25) is 11.0 Å². The Bertz CT molecular complexity index is 673. The molecular weight excluding hydrogens is 378 g/mol. The molecule has 2 aromatic rings. The fourth-order valence-corrected chi connectivity index (χ4v) is 3.21. The zero-order chi connectivity index (χ0) is 16.8. The van der Waals surface area contributed by atoms with Crippen molar-refractivity contribution in [2.45, 2.75) is 39.5 Å². The lowest BCUT2D eigenvalue weighted by molar-refractivity contribution is -0.116. The van der Waals surface area contributed by atoms with Gasteiger partial charge >= 0.3 is 0 Å². The summed E-state index contributed by atoms with van der Waals surface area (Å²) in [4.78, 5) is 11.9. The first kappa shape index (κ1) is 17.9. The van der Waals surface area contributed by atoms with Crippen molar-refractivity contribution in [2.75, 3.05) is 11.9 Å². The van der Waals surface area contributed by atoms with Crippen molar-refractivity contribution in [2.24, 2.45) is 0 Å². The fraction of sp³-hybridized carbons (Fsp3) is 0.438. The smallest absolute Gasteiger partial charge is 0.226 e. The molecule has 124 valence electrons. The van der Waals surface area contributed by atoms with E-state index in [0.29, 0.717) is 30.5 Å². The highest BCUT2D eigenvalue weighted by molar-refractivity contribution is 9.10. The van der Waals surface area contributed by atoms with Crippen LogP contribution in [0.15, 0.2) is 22.7 Å². The molecule has 0 radical (unpaired) electrons. The van der Waals surface area contributed by atoms with Gasteiger partial charge in [-0.1, -0.05) is 31.3 Å². The molecule has 2 rings (SSSR count). The quantitative estimate of drug-likeness (QED) is 0.696. The third-order valence-corrected chi connectivity index (χ3v) is 4.83. The molecule has 1 amide bonds. The average molecular weight is 398 g/mol. The largest absolute Gasteiger partial charge is 0.492 e. The normalized spacial score (nSPS) is 10.8. The number of benzene rings is 1. The molecule has 1 aromatic carbocycles. The van der Waals surface area contributed by atoms with Crippen LogP contribution in [0.4, 0.5) is 5.13 Å². The molecule has 0 atom stereocenters. The second-order valence-corrected chi connectivity index (χ2v) is 7.40. The number of ether oxygens (including phenoxy) is 1. The number of nitrogens with zero attached hydrogens (tertiary/aromatic N) is 2. The maximum absolute atomic E-state index is 11.9. The molecule has 1 heterocycles. The number of nitrogens with one attached hydrogen (secondary N) is 1. The minimum atomic E-state index is -0.0666. The maximum Gasteiger partial charge on any atom is 0.226 e. The second kappa shape index (κ2) is 8.40. The summed E-state index contributed by atoms with van der Waals surface area (Å²) in [5, 5.41) is 12.3. The number of anilines is 1. The molecule has 1 aromatic heterocycles. The van der Waals surface area contributed by atoms with Gasteiger partial charge in [0.15, 0.2) is 0 Å². The zero-order valence-electron chi connectivity index (χ0n) is 13.4. The number of halogens is 1. The molecule has 23 heavy (non-hydrogen) atoms.